The molecule has 56 heavy (non-hydrogen) atoms. The number of benzene rings is 2. The molecule has 0 aliphatic carbocycles. The van der Waals surface area contributed by atoms with Gasteiger partial charge in [-0.25, -0.2) is 0 Å². The van der Waals surface area contributed by atoms with E-state index in [4.69, 9.17) is 0 Å². The molecule has 2 unspecified atom stereocenters. The molecule has 2 atom stereocenters. The molecular weight excluding hydrogens is 1430 g/mol. The van der Waals surface area contributed by atoms with Crippen LogP contribution in [0.25, 0.3) is 0 Å². The summed E-state index contributed by atoms with van der Waals surface area (Å²) in [5, 5.41) is 78.1. The maximum Gasteiger partial charge on any atom is 0.253 e. The molecule has 0 spiro atoms. The van der Waals surface area contributed by atoms with Crippen molar-refractivity contribution in [1.29, 1.82) is 0 Å². The first-order valence-electron chi connectivity index (χ1n) is 15.9. The largest absolute Gasteiger partial charge is 0.395 e. The van der Waals surface area contributed by atoms with Crippen molar-refractivity contribution < 1.29 is 64.5 Å². The third-order valence-electron chi connectivity index (χ3n) is 7.35. The van der Waals surface area contributed by atoms with Gasteiger partial charge < -0.3 is 66.8 Å². The van der Waals surface area contributed by atoms with E-state index in [0.29, 0.717) is 12.8 Å². The Hall–Kier alpha value is -0.640. The molecule has 2 aromatic rings. The van der Waals surface area contributed by atoms with Gasteiger partial charge in [0.2, 0.25) is 12.8 Å². The summed E-state index contributed by atoms with van der Waals surface area (Å²) in [6.07, 6.45) is -3.43. The number of anilines is 2. The lowest BCUT2D eigenvalue weighted by Crippen LogP contribution is -2.42. The third-order valence-corrected chi connectivity index (χ3v) is 13.7. The van der Waals surface area contributed by atoms with E-state index in [2.05, 4.69) is 21.3 Å². The molecule has 0 aromatic heterocycles. The Kier molecular flexibility index (Phi) is 23.2. The average Bonchev–Trinajstić information content (AvgIpc) is 3.16. The summed E-state index contributed by atoms with van der Waals surface area (Å²) in [4.78, 5) is 81.0. The van der Waals surface area contributed by atoms with Crippen LogP contribution in [0.3, 0.4) is 0 Å². The van der Waals surface area contributed by atoms with Gasteiger partial charge in [0.15, 0.2) is 0 Å². The van der Waals surface area contributed by atoms with Gasteiger partial charge in [-0.3, -0.25) is 28.8 Å². The number of hydrogen-bond acceptors (Lipinski definition) is 13. The van der Waals surface area contributed by atoms with Crippen molar-refractivity contribution in [2.24, 2.45) is 0 Å². The summed E-state index contributed by atoms with van der Waals surface area (Å²) in [6.45, 7) is -4.07. The van der Waals surface area contributed by atoms with Gasteiger partial charge in [-0.2, -0.15) is 0 Å². The van der Waals surface area contributed by atoms with Crippen molar-refractivity contribution >= 4 is 183 Å². The predicted molar refractivity (Wildman–Crippen MR) is 252 cm³/mol. The lowest BCUT2D eigenvalue weighted by molar-refractivity contribution is -0.108. The molecule has 2 rings (SSSR count). The van der Waals surface area contributed by atoms with Gasteiger partial charge in [0.05, 0.1) is 106 Å². The summed E-state index contributed by atoms with van der Waals surface area (Å²) < 4.78 is 1.04. The molecule has 0 fully saturated rings. The minimum atomic E-state index is -1.55. The number of nitrogens with zero attached hydrogens (tertiary/aromatic N) is 2. The van der Waals surface area contributed by atoms with Gasteiger partial charge >= 0.3 is 0 Å². The lowest BCUT2D eigenvalue weighted by atomic mass is 10.1. The van der Waals surface area contributed by atoms with Crippen LogP contribution in [0.1, 0.15) is 41.4 Å². The number of amides is 6. The van der Waals surface area contributed by atoms with E-state index in [0.717, 1.165) is 9.80 Å². The topological polar surface area (TPSA) is 299 Å². The van der Waals surface area contributed by atoms with Gasteiger partial charge in [-0.15, -0.1) is 0 Å². The quantitative estimate of drug-likeness (QED) is 0.0495. The highest BCUT2D eigenvalue weighted by atomic mass is 127. The van der Waals surface area contributed by atoms with Crippen LogP contribution >= 0.6 is 136 Å². The number of aliphatic hydroxyl groups is 7. The van der Waals surface area contributed by atoms with Gasteiger partial charge in [0.25, 0.3) is 23.6 Å². The summed E-state index contributed by atoms with van der Waals surface area (Å²) >= 11 is 10.8. The molecule has 11 N–H and O–H groups in total. The van der Waals surface area contributed by atoms with Gasteiger partial charge in [0.1, 0.15) is 0 Å². The van der Waals surface area contributed by atoms with Crippen LogP contribution in [0.2, 0.25) is 0 Å². The minimum absolute atomic E-state index is 0.0330. The Morgan fingerprint density at radius 3 is 1.04 bits per heavy atom. The van der Waals surface area contributed by atoms with Gasteiger partial charge in [-0.1, -0.05) is 0 Å². The second kappa shape index (κ2) is 25.2. The minimum Gasteiger partial charge on any atom is -0.395 e. The van der Waals surface area contributed by atoms with Gasteiger partial charge in [0, 0.05) is 33.3 Å². The van der Waals surface area contributed by atoms with Crippen LogP contribution in [0.4, 0.5) is 11.4 Å². The molecule has 6 amide bonds. The molecular formula is C31H36I6N6O13. The second-order valence-electron chi connectivity index (χ2n) is 11.3. The highest BCUT2D eigenvalue weighted by Crippen LogP contribution is 2.39. The third kappa shape index (κ3) is 13.2. The smallest absolute Gasteiger partial charge is 0.253 e. The molecule has 19 nitrogen and oxygen atoms in total. The average molecular weight is 1460 g/mol. The first-order valence-corrected chi connectivity index (χ1v) is 22.4. The number of carbonyl (C=O) groups excluding carboxylic acids is 6. The molecule has 25 heteroatoms. The Labute approximate surface area is 401 Å². The maximum atomic E-state index is 13.4. The number of hydrogen-bond donors (Lipinski definition) is 11. The standard InChI is InChI=1S/C31H36I6N6O13/c32-20-16(28(53)38-1-3-44)22(34)26(24(36)18(20)30(55)40-5-13(50)9-46)42(11-48)7-15(52)8-43(12-49)27-23(35)17(29(54)39-2-4-45)21(33)19(25(27)37)31(56)41-6-14(51)10-47/h11-15,44-47,50-52H,1-10H2,(H,38,53)(H,39,54)(H,40,55)(H,41,56). The fourth-order valence-electron chi connectivity index (χ4n) is 4.73. The van der Waals surface area contributed by atoms with E-state index in [1.54, 1.807) is 90.4 Å². The van der Waals surface area contributed by atoms with E-state index in [1.165, 1.54) is 0 Å². The Bertz CT molecular complexity index is 1670. The number of rotatable bonds is 22. The number of nitrogens with one attached hydrogen (secondary N) is 4. The highest BCUT2D eigenvalue weighted by Gasteiger charge is 2.33. The molecule has 0 aliphatic heterocycles. The van der Waals surface area contributed by atoms with E-state index in [9.17, 15) is 64.5 Å². The van der Waals surface area contributed by atoms with Crippen molar-refractivity contribution in [3.05, 3.63) is 43.7 Å². The van der Waals surface area contributed by atoms with E-state index in [1.807, 2.05) is 45.2 Å². The fourth-order valence-corrected chi connectivity index (χ4v) is 14.3. The molecule has 0 radical (unpaired) electrons. The fraction of sp³-hybridized carbons (Fsp3) is 0.419. The lowest BCUT2D eigenvalue weighted by Gasteiger charge is -2.30. The number of halogens is 6. The Morgan fingerprint density at radius 1 is 0.500 bits per heavy atom. The molecule has 2 aromatic carbocycles. The van der Waals surface area contributed by atoms with Crippen LogP contribution in [-0.4, -0.2) is 156 Å². The zero-order chi connectivity index (χ0) is 42.4. The molecule has 0 saturated carbocycles. The van der Waals surface area contributed by atoms with Crippen LogP contribution in [0, 0.1) is 21.4 Å². The summed E-state index contributed by atoms with van der Waals surface area (Å²) in [7, 11) is 0. The van der Waals surface area contributed by atoms with E-state index >= 15 is 0 Å². The first-order chi connectivity index (χ1) is 26.5. The number of carbonyl (C=O) groups is 6. The maximum absolute atomic E-state index is 13.4. The molecule has 0 bridgehead atoms. The molecule has 0 aliphatic rings. The highest BCUT2D eigenvalue weighted by molar-refractivity contribution is 14.1. The Morgan fingerprint density at radius 2 is 0.786 bits per heavy atom. The normalized spacial score (nSPS) is 12.6. The van der Waals surface area contributed by atoms with Crippen molar-refractivity contribution in [3.63, 3.8) is 0 Å². The second-order valence-corrected chi connectivity index (χ2v) is 17.8. The zero-order valence-electron chi connectivity index (χ0n) is 28.7. The monoisotopic (exact) mass is 1460 g/mol. The number of aliphatic hydroxyl groups excluding tert-OH is 7. The van der Waals surface area contributed by atoms with Crippen LogP contribution in [-0.2, 0) is 9.59 Å². The van der Waals surface area contributed by atoms with E-state index in [-0.39, 0.29) is 81.2 Å². The van der Waals surface area contributed by atoms with Gasteiger partial charge in [-0.05, 0) is 136 Å². The predicted octanol–water partition coefficient (Wildman–Crippen LogP) is -1.09. The summed E-state index contributed by atoms with van der Waals surface area (Å²) in [6, 6.07) is 0. The SMILES string of the molecule is O=CN(CC(O)CN(C=O)c1c(I)c(C(=O)NCCO)c(I)c(C(=O)NCC(O)CO)c1I)c1c(I)c(C(=O)NCCO)c(I)c(C(=O)NCC(O)CO)c1I. The van der Waals surface area contributed by atoms with Crippen molar-refractivity contribution in [2.75, 3.05) is 75.5 Å². The summed E-state index contributed by atoms with van der Waals surface area (Å²) in [5.74, 6) is -2.90. The van der Waals surface area contributed by atoms with Crippen LogP contribution in [0.15, 0.2) is 0 Å². The van der Waals surface area contributed by atoms with Crippen LogP contribution < -0.4 is 31.1 Å². The molecule has 310 valence electrons. The van der Waals surface area contributed by atoms with E-state index < -0.39 is 81.5 Å². The zero-order valence-corrected chi connectivity index (χ0v) is 41.6. The summed E-state index contributed by atoms with van der Waals surface area (Å²) in [5.41, 5.74) is -0.137. The van der Waals surface area contributed by atoms with Crippen molar-refractivity contribution in [3.8, 4) is 0 Å². The van der Waals surface area contributed by atoms with Crippen molar-refractivity contribution in [1.82, 2.24) is 21.3 Å². The van der Waals surface area contributed by atoms with Crippen molar-refractivity contribution in [2.45, 2.75) is 18.3 Å². The first kappa shape index (κ1) is 51.5. The molecule has 0 heterocycles. The Balaban J connectivity index is 2.72. The van der Waals surface area contributed by atoms with Crippen LogP contribution in [0.5, 0.6) is 0 Å². The molecule has 0 saturated heterocycles.